The van der Waals surface area contributed by atoms with E-state index in [1.165, 1.54) is 0 Å². The summed E-state index contributed by atoms with van der Waals surface area (Å²) in [5.74, 6) is 0.312. The molecule has 0 saturated heterocycles. The van der Waals surface area contributed by atoms with Crippen LogP contribution in [0.25, 0.3) is 22.4 Å². The molecule has 0 aliphatic rings. The van der Waals surface area contributed by atoms with E-state index in [0.29, 0.717) is 16.9 Å². The zero-order valence-corrected chi connectivity index (χ0v) is 9.41. The van der Waals surface area contributed by atoms with Gasteiger partial charge in [-0.3, -0.25) is 5.41 Å². The van der Waals surface area contributed by atoms with Crippen molar-refractivity contribution in [2.24, 2.45) is 0 Å². The van der Waals surface area contributed by atoms with Crippen molar-refractivity contribution in [1.29, 1.82) is 5.41 Å². The van der Waals surface area contributed by atoms with Crippen LogP contribution in [-0.2, 0) is 0 Å². The van der Waals surface area contributed by atoms with Gasteiger partial charge in [0.1, 0.15) is 0 Å². The molecule has 2 aromatic heterocycles. The molecular weight excluding hydrogens is 228 g/mol. The van der Waals surface area contributed by atoms with E-state index in [9.17, 15) is 5.21 Å². The fraction of sp³-hybridized carbons (Fsp3) is 0. The van der Waals surface area contributed by atoms with Crippen LogP contribution < -0.4 is 5.49 Å². The van der Waals surface area contributed by atoms with Gasteiger partial charge >= 0.3 is 0 Å². The average Bonchev–Trinajstić information content (AvgIpc) is 2.44. The van der Waals surface area contributed by atoms with Crippen molar-refractivity contribution in [2.75, 3.05) is 0 Å². The van der Waals surface area contributed by atoms with Crippen LogP contribution in [-0.4, -0.2) is 19.9 Å². The maximum absolute atomic E-state index is 9.99. The Balaban J connectivity index is 2.38. The fourth-order valence-corrected chi connectivity index (χ4v) is 1.81. The van der Waals surface area contributed by atoms with Crippen LogP contribution in [0.3, 0.4) is 0 Å². The second-order valence-corrected chi connectivity index (χ2v) is 3.84. The highest BCUT2D eigenvalue weighted by Gasteiger charge is 2.09. The van der Waals surface area contributed by atoms with Crippen LogP contribution in [0.1, 0.15) is 0 Å². The van der Waals surface area contributed by atoms with E-state index in [0.717, 1.165) is 10.3 Å². The number of hydrogen-bond donors (Lipinski definition) is 2. The Labute approximate surface area is 102 Å². The number of nitrogens with one attached hydrogen (secondary N) is 1. The van der Waals surface area contributed by atoms with Crippen LogP contribution in [0.15, 0.2) is 48.7 Å². The minimum Gasteiger partial charge on any atom is -0.425 e. The molecule has 0 atom stereocenters. The molecule has 88 valence electrons. The first kappa shape index (κ1) is 10.5. The van der Waals surface area contributed by atoms with E-state index < -0.39 is 0 Å². The van der Waals surface area contributed by atoms with Gasteiger partial charge in [-0.25, -0.2) is 9.97 Å². The van der Waals surface area contributed by atoms with E-state index in [1.54, 1.807) is 18.3 Å². The van der Waals surface area contributed by atoms with Gasteiger partial charge in [0.2, 0.25) is 0 Å². The first-order valence-electron chi connectivity index (χ1n) is 5.44. The van der Waals surface area contributed by atoms with Gasteiger partial charge in [0, 0.05) is 11.8 Å². The maximum Gasteiger partial charge on any atom is 0.179 e. The largest absolute Gasteiger partial charge is 0.425 e. The summed E-state index contributed by atoms with van der Waals surface area (Å²) in [6, 6.07) is 12.6. The second kappa shape index (κ2) is 3.96. The zero-order chi connectivity index (χ0) is 12.5. The van der Waals surface area contributed by atoms with Crippen molar-refractivity contribution < 1.29 is 5.21 Å². The van der Waals surface area contributed by atoms with Gasteiger partial charge < -0.3 is 5.21 Å². The Kier molecular flexibility index (Phi) is 2.30. The summed E-state index contributed by atoms with van der Waals surface area (Å²) in [5, 5.41) is 18.4. The van der Waals surface area contributed by atoms with Crippen LogP contribution >= 0.6 is 0 Å². The summed E-state index contributed by atoms with van der Waals surface area (Å²) >= 11 is 0. The van der Waals surface area contributed by atoms with Gasteiger partial charge in [0.25, 0.3) is 0 Å². The third-order valence-electron chi connectivity index (χ3n) is 2.70. The van der Waals surface area contributed by atoms with Crippen LogP contribution in [0.5, 0.6) is 0 Å². The number of fused-ring (bicyclic) bond motifs is 1. The van der Waals surface area contributed by atoms with Gasteiger partial charge in [-0.1, -0.05) is 30.3 Å². The molecule has 0 bridgehead atoms. The van der Waals surface area contributed by atoms with Crippen molar-refractivity contribution in [1.82, 2.24) is 14.7 Å². The Morgan fingerprint density at radius 1 is 1.06 bits per heavy atom. The van der Waals surface area contributed by atoms with Crippen molar-refractivity contribution >= 4 is 11.0 Å². The molecule has 5 nitrogen and oxygen atoms in total. The molecule has 3 rings (SSSR count). The number of hydrogen-bond acceptors (Lipinski definition) is 4. The Morgan fingerprint density at radius 3 is 2.61 bits per heavy atom. The number of aromatic nitrogens is 3. The number of nitrogens with zero attached hydrogens (tertiary/aromatic N) is 3. The molecule has 18 heavy (non-hydrogen) atoms. The number of rotatable bonds is 1. The molecule has 2 N–H and O–H groups in total. The lowest BCUT2D eigenvalue weighted by Gasteiger charge is -2.08. The first-order chi connectivity index (χ1) is 8.77. The third-order valence-corrected chi connectivity index (χ3v) is 2.70. The molecule has 0 saturated carbocycles. The molecule has 1 aromatic carbocycles. The minimum atomic E-state index is -0.0213. The SMILES string of the molecule is N=c1c2cccnc2nc(-c2ccccc2)n1O. The third kappa shape index (κ3) is 1.53. The molecule has 5 heteroatoms. The first-order valence-corrected chi connectivity index (χ1v) is 5.44. The molecule has 0 aliphatic carbocycles. The number of pyridine rings is 1. The highest BCUT2D eigenvalue weighted by atomic mass is 16.5. The van der Waals surface area contributed by atoms with Gasteiger partial charge in [-0.2, -0.15) is 0 Å². The van der Waals surface area contributed by atoms with Crippen molar-refractivity contribution in [3.05, 3.63) is 54.1 Å². The highest BCUT2D eigenvalue weighted by molar-refractivity contribution is 5.75. The van der Waals surface area contributed by atoms with Gasteiger partial charge in [-0.15, -0.1) is 4.73 Å². The van der Waals surface area contributed by atoms with Crippen molar-refractivity contribution in [2.45, 2.75) is 0 Å². The molecule has 0 amide bonds. The monoisotopic (exact) mass is 238 g/mol. The predicted octanol–water partition coefficient (Wildman–Crippen LogP) is 1.82. The van der Waals surface area contributed by atoms with Crippen LogP contribution in [0, 0.1) is 5.41 Å². The quantitative estimate of drug-likeness (QED) is 0.635. The summed E-state index contributed by atoms with van der Waals surface area (Å²) in [7, 11) is 0. The smallest absolute Gasteiger partial charge is 0.179 e. The van der Waals surface area contributed by atoms with Gasteiger partial charge in [0.15, 0.2) is 17.0 Å². The summed E-state index contributed by atoms with van der Waals surface area (Å²) < 4.78 is 0.777. The van der Waals surface area contributed by atoms with E-state index in [4.69, 9.17) is 5.41 Å². The highest BCUT2D eigenvalue weighted by Crippen LogP contribution is 2.16. The van der Waals surface area contributed by atoms with E-state index >= 15 is 0 Å². The fourth-order valence-electron chi connectivity index (χ4n) is 1.81. The molecule has 3 aromatic rings. The lowest BCUT2D eigenvalue weighted by molar-refractivity contribution is 0.174. The van der Waals surface area contributed by atoms with Crippen molar-refractivity contribution in [3.8, 4) is 11.4 Å². The Bertz CT molecular complexity index is 765. The summed E-state index contributed by atoms with van der Waals surface area (Å²) in [6.45, 7) is 0. The maximum atomic E-state index is 9.99. The normalized spacial score (nSPS) is 10.7. The summed E-state index contributed by atoms with van der Waals surface area (Å²) in [6.07, 6.45) is 1.62. The zero-order valence-electron chi connectivity index (χ0n) is 9.41. The molecule has 0 radical (unpaired) electrons. The average molecular weight is 238 g/mol. The van der Waals surface area contributed by atoms with E-state index in [2.05, 4.69) is 9.97 Å². The topological polar surface area (TPSA) is 74.8 Å². The molecule has 0 spiro atoms. The van der Waals surface area contributed by atoms with Crippen molar-refractivity contribution in [3.63, 3.8) is 0 Å². The van der Waals surface area contributed by atoms with Crippen LogP contribution in [0.4, 0.5) is 0 Å². The summed E-state index contributed by atoms with van der Waals surface area (Å²) in [5.41, 5.74) is 1.17. The molecule has 0 fully saturated rings. The summed E-state index contributed by atoms with van der Waals surface area (Å²) in [4.78, 5) is 8.40. The second-order valence-electron chi connectivity index (χ2n) is 3.84. The molecule has 0 aliphatic heterocycles. The van der Waals surface area contributed by atoms with Gasteiger partial charge in [-0.05, 0) is 12.1 Å². The Hall–Kier alpha value is -2.69. The van der Waals surface area contributed by atoms with E-state index in [-0.39, 0.29) is 5.49 Å². The number of benzene rings is 1. The lowest BCUT2D eigenvalue weighted by atomic mass is 10.2. The van der Waals surface area contributed by atoms with Crippen LogP contribution in [0.2, 0.25) is 0 Å². The standard InChI is InChI=1S/C13H10N4O/c14-11-10-7-4-8-15-12(10)16-13(17(11)18)9-5-2-1-3-6-9/h1-8,14,18H. The lowest BCUT2D eigenvalue weighted by Crippen LogP contribution is -2.21. The van der Waals surface area contributed by atoms with E-state index in [1.807, 2.05) is 30.3 Å². The Morgan fingerprint density at radius 2 is 1.83 bits per heavy atom. The molecule has 0 unspecified atom stereocenters. The molecular formula is C13H10N4O. The minimum absolute atomic E-state index is 0.0213. The van der Waals surface area contributed by atoms with Gasteiger partial charge in [0.05, 0.1) is 5.39 Å². The molecule has 2 heterocycles. The predicted molar refractivity (Wildman–Crippen MR) is 66.0 cm³/mol.